The molecule has 1 amide bonds. The van der Waals surface area contributed by atoms with Gasteiger partial charge in [0.2, 0.25) is 0 Å². The number of ether oxygens (including phenoxy) is 1. The van der Waals surface area contributed by atoms with Gasteiger partial charge in [-0.15, -0.1) is 0 Å². The third-order valence-corrected chi connectivity index (χ3v) is 4.34. The Hall–Kier alpha value is -0.730. The normalized spacial score (nSPS) is 20.2. The first-order valence-corrected chi connectivity index (χ1v) is 8.31. The van der Waals surface area contributed by atoms with Gasteiger partial charge < -0.3 is 10.1 Å². The highest BCUT2D eigenvalue weighted by Gasteiger charge is 2.26. The summed E-state index contributed by atoms with van der Waals surface area (Å²) in [6.07, 6.45) is 8.66. The van der Waals surface area contributed by atoms with Crippen molar-refractivity contribution < 1.29 is 9.53 Å². The van der Waals surface area contributed by atoms with Crippen molar-refractivity contribution in [1.29, 1.82) is 0 Å². The van der Waals surface area contributed by atoms with Gasteiger partial charge in [0, 0.05) is 6.04 Å². The second-order valence-corrected chi connectivity index (χ2v) is 7.38. The molecule has 118 valence electrons. The van der Waals surface area contributed by atoms with E-state index in [2.05, 4.69) is 19.2 Å². The Balaban J connectivity index is 2.52. The average molecular weight is 283 g/mol. The minimum atomic E-state index is -0.422. The van der Waals surface area contributed by atoms with Gasteiger partial charge in [-0.25, -0.2) is 4.79 Å². The van der Waals surface area contributed by atoms with Gasteiger partial charge in [-0.1, -0.05) is 52.4 Å². The van der Waals surface area contributed by atoms with Crippen molar-refractivity contribution in [1.82, 2.24) is 5.32 Å². The quantitative estimate of drug-likeness (QED) is 0.779. The number of alkyl carbamates (subject to hydrolysis) is 1. The summed E-state index contributed by atoms with van der Waals surface area (Å²) in [5, 5.41) is 3.11. The van der Waals surface area contributed by atoms with Crippen LogP contribution in [0, 0.1) is 11.8 Å². The van der Waals surface area contributed by atoms with E-state index < -0.39 is 5.60 Å². The first kappa shape index (κ1) is 17.3. The fourth-order valence-corrected chi connectivity index (χ4v) is 2.96. The fourth-order valence-electron chi connectivity index (χ4n) is 2.96. The number of hydrogen-bond donors (Lipinski definition) is 1. The molecule has 0 saturated heterocycles. The molecule has 0 spiro atoms. The van der Waals surface area contributed by atoms with Gasteiger partial charge in [0.15, 0.2) is 0 Å². The van der Waals surface area contributed by atoms with Gasteiger partial charge in [-0.3, -0.25) is 0 Å². The molecular weight excluding hydrogens is 250 g/mol. The molecule has 0 heterocycles. The maximum Gasteiger partial charge on any atom is 0.407 e. The summed E-state index contributed by atoms with van der Waals surface area (Å²) in [7, 11) is 0. The van der Waals surface area contributed by atoms with Crippen LogP contribution in [0.3, 0.4) is 0 Å². The average Bonchev–Trinajstić information content (AvgIpc) is 2.36. The number of nitrogens with one attached hydrogen (secondary N) is 1. The van der Waals surface area contributed by atoms with Crippen molar-refractivity contribution >= 4 is 6.09 Å². The highest BCUT2D eigenvalue weighted by Crippen LogP contribution is 2.29. The molecule has 1 N–H and O–H groups in total. The van der Waals surface area contributed by atoms with Crippen LogP contribution >= 0.6 is 0 Å². The van der Waals surface area contributed by atoms with Crippen LogP contribution in [0.15, 0.2) is 0 Å². The number of amides is 1. The Morgan fingerprint density at radius 1 is 1.25 bits per heavy atom. The van der Waals surface area contributed by atoms with E-state index in [1.54, 1.807) is 0 Å². The standard InChI is InChI=1S/C17H33NO2/c1-6-13(2)15(12-14-10-8-7-9-11-14)18-16(19)20-17(3,4)5/h13-15H,6-12H2,1-5H3,(H,18,19). The van der Waals surface area contributed by atoms with Gasteiger partial charge >= 0.3 is 6.09 Å². The predicted molar refractivity (Wildman–Crippen MR) is 83.8 cm³/mol. The molecule has 0 aromatic carbocycles. The van der Waals surface area contributed by atoms with Crippen LogP contribution in [0.5, 0.6) is 0 Å². The van der Waals surface area contributed by atoms with Crippen LogP contribution < -0.4 is 5.32 Å². The second-order valence-electron chi connectivity index (χ2n) is 7.38. The zero-order valence-corrected chi connectivity index (χ0v) is 14.0. The third-order valence-electron chi connectivity index (χ3n) is 4.34. The summed E-state index contributed by atoms with van der Waals surface area (Å²) < 4.78 is 5.40. The first-order valence-electron chi connectivity index (χ1n) is 8.31. The van der Waals surface area contributed by atoms with Gasteiger partial charge in [0.05, 0.1) is 0 Å². The van der Waals surface area contributed by atoms with E-state index in [0.29, 0.717) is 5.92 Å². The van der Waals surface area contributed by atoms with Crippen molar-refractivity contribution in [2.45, 2.75) is 91.2 Å². The summed E-state index contributed by atoms with van der Waals surface area (Å²) in [5.41, 5.74) is -0.422. The highest BCUT2D eigenvalue weighted by atomic mass is 16.6. The lowest BCUT2D eigenvalue weighted by Gasteiger charge is -2.31. The fraction of sp³-hybridized carbons (Fsp3) is 0.941. The Labute approximate surface area is 124 Å². The predicted octanol–water partition coefficient (Wildman–Crippen LogP) is 4.90. The Kier molecular flexibility index (Phi) is 6.84. The molecule has 1 fully saturated rings. The van der Waals surface area contributed by atoms with Crippen molar-refractivity contribution in [3.05, 3.63) is 0 Å². The van der Waals surface area contributed by atoms with E-state index in [1.807, 2.05) is 20.8 Å². The van der Waals surface area contributed by atoms with E-state index in [9.17, 15) is 4.79 Å². The van der Waals surface area contributed by atoms with E-state index in [-0.39, 0.29) is 12.1 Å². The summed E-state index contributed by atoms with van der Waals surface area (Å²) in [6.45, 7) is 10.1. The molecule has 3 heteroatoms. The zero-order chi connectivity index (χ0) is 15.2. The van der Waals surface area contributed by atoms with E-state index in [4.69, 9.17) is 4.74 Å². The molecule has 2 unspecified atom stereocenters. The summed E-state index contributed by atoms with van der Waals surface area (Å²) >= 11 is 0. The SMILES string of the molecule is CCC(C)C(CC1CCCCC1)NC(=O)OC(C)(C)C. The topological polar surface area (TPSA) is 38.3 Å². The van der Waals surface area contributed by atoms with E-state index >= 15 is 0 Å². The van der Waals surface area contributed by atoms with Gasteiger partial charge in [-0.05, 0) is 39.0 Å². The van der Waals surface area contributed by atoms with E-state index in [1.165, 1.54) is 32.1 Å². The number of hydrogen-bond acceptors (Lipinski definition) is 2. The third kappa shape index (κ3) is 6.62. The van der Waals surface area contributed by atoms with Crippen molar-refractivity contribution in [2.24, 2.45) is 11.8 Å². The second kappa shape index (κ2) is 7.90. The molecule has 0 bridgehead atoms. The molecule has 3 nitrogen and oxygen atoms in total. The lowest BCUT2D eigenvalue weighted by molar-refractivity contribution is 0.0474. The molecule has 0 radical (unpaired) electrons. The monoisotopic (exact) mass is 283 g/mol. The molecule has 20 heavy (non-hydrogen) atoms. The largest absolute Gasteiger partial charge is 0.444 e. The van der Waals surface area contributed by atoms with Gasteiger partial charge in [-0.2, -0.15) is 0 Å². The maximum atomic E-state index is 12.0. The lowest BCUT2D eigenvalue weighted by atomic mass is 9.81. The highest BCUT2D eigenvalue weighted by molar-refractivity contribution is 5.68. The van der Waals surface area contributed by atoms with Crippen molar-refractivity contribution in [3.8, 4) is 0 Å². The van der Waals surface area contributed by atoms with E-state index in [0.717, 1.165) is 18.8 Å². The molecule has 0 aromatic rings. The van der Waals surface area contributed by atoms with Crippen LogP contribution in [-0.4, -0.2) is 17.7 Å². The Morgan fingerprint density at radius 3 is 2.35 bits per heavy atom. The lowest BCUT2D eigenvalue weighted by Crippen LogP contribution is -2.43. The van der Waals surface area contributed by atoms with Gasteiger partial charge in [0.1, 0.15) is 5.60 Å². The smallest absolute Gasteiger partial charge is 0.407 e. The van der Waals surface area contributed by atoms with Crippen LogP contribution in [0.4, 0.5) is 4.79 Å². The minimum absolute atomic E-state index is 0.248. The molecule has 1 rings (SSSR count). The Morgan fingerprint density at radius 2 is 1.85 bits per heavy atom. The molecular formula is C17H33NO2. The Bertz CT molecular complexity index is 290. The summed E-state index contributed by atoms with van der Waals surface area (Å²) in [5.74, 6) is 1.28. The molecule has 1 saturated carbocycles. The van der Waals surface area contributed by atoms with Crippen molar-refractivity contribution in [3.63, 3.8) is 0 Å². The maximum absolute atomic E-state index is 12.0. The first-order chi connectivity index (χ1) is 9.31. The number of carbonyl (C=O) groups is 1. The van der Waals surface area contributed by atoms with Crippen LogP contribution in [0.25, 0.3) is 0 Å². The summed E-state index contributed by atoms with van der Waals surface area (Å²) in [4.78, 5) is 12.0. The molecule has 0 aliphatic heterocycles. The zero-order valence-electron chi connectivity index (χ0n) is 14.0. The van der Waals surface area contributed by atoms with Crippen LogP contribution in [0.1, 0.15) is 79.6 Å². The molecule has 1 aliphatic carbocycles. The molecule has 2 atom stereocenters. The molecule has 1 aliphatic rings. The molecule has 0 aromatic heterocycles. The number of rotatable bonds is 5. The van der Waals surface area contributed by atoms with Crippen molar-refractivity contribution in [2.75, 3.05) is 0 Å². The summed E-state index contributed by atoms with van der Waals surface area (Å²) in [6, 6.07) is 0.248. The minimum Gasteiger partial charge on any atom is -0.444 e. The van der Waals surface area contributed by atoms with Crippen LogP contribution in [0.2, 0.25) is 0 Å². The van der Waals surface area contributed by atoms with Gasteiger partial charge in [0.25, 0.3) is 0 Å². The number of carbonyl (C=O) groups excluding carboxylic acids is 1. The van der Waals surface area contributed by atoms with Crippen LogP contribution in [-0.2, 0) is 4.74 Å².